The second-order valence-electron chi connectivity index (χ2n) is 2.73. The second kappa shape index (κ2) is 4.17. The van der Waals surface area contributed by atoms with E-state index in [-0.39, 0.29) is 12.4 Å². The Balaban J connectivity index is 2.43. The molecule has 0 bridgehead atoms. The van der Waals surface area contributed by atoms with Crippen LogP contribution in [0.4, 0.5) is 24.7 Å². The fourth-order valence-electron chi connectivity index (χ4n) is 0.888. The highest BCUT2D eigenvalue weighted by Gasteiger charge is 2.26. The third kappa shape index (κ3) is 3.51. The monoisotopic (exact) mass is 205 g/mol. The van der Waals surface area contributed by atoms with Crippen molar-refractivity contribution in [1.82, 2.24) is 4.98 Å². The van der Waals surface area contributed by atoms with E-state index in [2.05, 4.69) is 10.3 Å². The molecular formula is C8H10F3N3. The Morgan fingerprint density at radius 2 is 2.14 bits per heavy atom. The van der Waals surface area contributed by atoms with Crippen molar-refractivity contribution in [3.05, 3.63) is 18.3 Å². The summed E-state index contributed by atoms with van der Waals surface area (Å²) < 4.78 is 35.3. The number of pyridine rings is 1. The Bertz CT molecular complexity index is 298. The first-order chi connectivity index (χ1) is 6.49. The molecule has 0 atom stereocenters. The Labute approximate surface area is 79.1 Å². The maximum atomic E-state index is 11.8. The minimum atomic E-state index is -4.16. The molecule has 0 spiro atoms. The number of hydrogen-bond donors (Lipinski definition) is 2. The first kappa shape index (κ1) is 10.6. The maximum absolute atomic E-state index is 11.8. The predicted octanol–water partition coefficient (Wildman–Crippen LogP) is 2.03. The van der Waals surface area contributed by atoms with E-state index in [4.69, 9.17) is 5.73 Å². The van der Waals surface area contributed by atoms with Gasteiger partial charge in [-0.3, -0.25) is 0 Å². The van der Waals surface area contributed by atoms with Crippen LogP contribution in [0.3, 0.4) is 0 Å². The van der Waals surface area contributed by atoms with Gasteiger partial charge in [-0.1, -0.05) is 0 Å². The van der Waals surface area contributed by atoms with E-state index in [0.717, 1.165) is 0 Å². The van der Waals surface area contributed by atoms with E-state index in [1.807, 2.05) is 0 Å². The molecule has 1 rings (SSSR count). The summed E-state index contributed by atoms with van der Waals surface area (Å²) in [6.45, 7) is -0.218. The van der Waals surface area contributed by atoms with Crippen molar-refractivity contribution in [3.8, 4) is 0 Å². The Morgan fingerprint density at radius 1 is 1.43 bits per heavy atom. The molecule has 0 unspecified atom stereocenters. The molecule has 0 saturated heterocycles. The fraction of sp³-hybridized carbons (Fsp3) is 0.375. The highest BCUT2D eigenvalue weighted by Crippen LogP contribution is 2.20. The quantitative estimate of drug-likeness (QED) is 0.793. The van der Waals surface area contributed by atoms with Gasteiger partial charge in [0, 0.05) is 12.7 Å². The van der Waals surface area contributed by atoms with Crippen LogP contribution in [0.1, 0.15) is 6.42 Å². The third-order valence-electron chi connectivity index (χ3n) is 1.54. The number of nitrogen functional groups attached to an aromatic ring is 1. The number of hydrogen-bond acceptors (Lipinski definition) is 3. The summed E-state index contributed by atoms with van der Waals surface area (Å²) in [6.07, 6.45) is -3.59. The molecule has 0 fully saturated rings. The molecule has 0 amide bonds. The molecule has 3 N–H and O–H groups in total. The van der Waals surface area contributed by atoms with Crippen LogP contribution in [0.5, 0.6) is 0 Å². The molecule has 78 valence electrons. The molecule has 1 aromatic heterocycles. The number of alkyl halides is 3. The number of anilines is 2. The van der Waals surface area contributed by atoms with Crippen LogP contribution in [0.2, 0.25) is 0 Å². The molecule has 0 aliphatic carbocycles. The van der Waals surface area contributed by atoms with Crippen LogP contribution in [-0.4, -0.2) is 17.7 Å². The van der Waals surface area contributed by atoms with E-state index >= 15 is 0 Å². The van der Waals surface area contributed by atoms with Crippen molar-refractivity contribution in [2.45, 2.75) is 12.6 Å². The van der Waals surface area contributed by atoms with E-state index in [1.54, 1.807) is 12.1 Å². The average molecular weight is 205 g/mol. The van der Waals surface area contributed by atoms with Gasteiger partial charge in [0.2, 0.25) is 0 Å². The number of nitrogens with zero attached hydrogens (tertiary/aromatic N) is 1. The van der Waals surface area contributed by atoms with Crippen LogP contribution >= 0.6 is 0 Å². The molecule has 3 nitrogen and oxygen atoms in total. The lowest BCUT2D eigenvalue weighted by Crippen LogP contribution is -2.15. The van der Waals surface area contributed by atoms with Crippen molar-refractivity contribution in [2.24, 2.45) is 0 Å². The second-order valence-corrected chi connectivity index (χ2v) is 2.73. The highest BCUT2D eigenvalue weighted by molar-refractivity contribution is 5.60. The average Bonchev–Trinajstić information content (AvgIpc) is 2.06. The lowest BCUT2D eigenvalue weighted by atomic mass is 10.3. The SMILES string of the molecule is Nc1cccnc1NCCC(F)(F)F. The van der Waals surface area contributed by atoms with Gasteiger partial charge in [-0.15, -0.1) is 0 Å². The minimum Gasteiger partial charge on any atom is -0.396 e. The normalized spacial score (nSPS) is 11.4. The summed E-state index contributed by atoms with van der Waals surface area (Å²) in [6, 6.07) is 3.19. The summed E-state index contributed by atoms with van der Waals surface area (Å²) >= 11 is 0. The van der Waals surface area contributed by atoms with Crippen LogP contribution in [0, 0.1) is 0 Å². The number of aromatic nitrogens is 1. The van der Waals surface area contributed by atoms with Crippen molar-refractivity contribution < 1.29 is 13.2 Å². The number of nitrogens with two attached hydrogens (primary N) is 1. The molecule has 0 aromatic carbocycles. The summed E-state index contributed by atoms with van der Waals surface area (Å²) in [5.74, 6) is 0.289. The number of halogens is 3. The van der Waals surface area contributed by atoms with Gasteiger partial charge >= 0.3 is 6.18 Å². The highest BCUT2D eigenvalue weighted by atomic mass is 19.4. The van der Waals surface area contributed by atoms with E-state index in [1.165, 1.54) is 6.20 Å². The summed E-state index contributed by atoms with van der Waals surface area (Å²) in [5.41, 5.74) is 5.81. The van der Waals surface area contributed by atoms with Gasteiger partial charge in [-0.2, -0.15) is 13.2 Å². The topological polar surface area (TPSA) is 50.9 Å². The maximum Gasteiger partial charge on any atom is 0.390 e. The Morgan fingerprint density at radius 3 is 2.71 bits per heavy atom. The van der Waals surface area contributed by atoms with Crippen LogP contribution in [0.25, 0.3) is 0 Å². The van der Waals surface area contributed by atoms with Gasteiger partial charge in [0.1, 0.15) is 5.82 Å². The molecule has 1 aromatic rings. The zero-order chi connectivity index (χ0) is 10.6. The van der Waals surface area contributed by atoms with Crippen molar-refractivity contribution in [1.29, 1.82) is 0 Å². The van der Waals surface area contributed by atoms with Crippen LogP contribution < -0.4 is 11.1 Å². The van der Waals surface area contributed by atoms with Gasteiger partial charge < -0.3 is 11.1 Å². The summed E-state index contributed by atoms with van der Waals surface area (Å²) in [4.78, 5) is 3.79. The van der Waals surface area contributed by atoms with E-state index in [9.17, 15) is 13.2 Å². The van der Waals surface area contributed by atoms with Gasteiger partial charge in [0.25, 0.3) is 0 Å². The van der Waals surface area contributed by atoms with Gasteiger partial charge in [0.15, 0.2) is 0 Å². The van der Waals surface area contributed by atoms with E-state index in [0.29, 0.717) is 5.69 Å². The predicted molar refractivity (Wildman–Crippen MR) is 47.8 cm³/mol. The molecule has 0 aliphatic heterocycles. The fourth-order valence-corrected chi connectivity index (χ4v) is 0.888. The number of nitrogens with one attached hydrogen (secondary N) is 1. The van der Waals surface area contributed by atoms with Crippen molar-refractivity contribution in [3.63, 3.8) is 0 Å². The van der Waals surface area contributed by atoms with E-state index < -0.39 is 12.6 Å². The molecule has 14 heavy (non-hydrogen) atoms. The van der Waals surface area contributed by atoms with Crippen molar-refractivity contribution >= 4 is 11.5 Å². The van der Waals surface area contributed by atoms with Crippen LogP contribution in [0.15, 0.2) is 18.3 Å². The largest absolute Gasteiger partial charge is 0.396 e. The summed E-state index contributed by atoms with van der Waals surface area (Å²) in [7, 11) is 0. The smallest absolute Gasteiger partial charge is 0.390 e. The Hall–Kier alpha value is -1.46. The molecule has 0 saturated carbocycles. The summed E-state index contributed by atoms with van der Waals surface area (Å²) in [5, 5.41) is 2.51. The zero-order valence-corrected chi connectivity index (χ0v) is 7.30. The third-order valence-corrected chi connectivity index (χ3v) is 1.54. The molecule has 0 aliphatic rings. The lowest BCUT2D eigenvalue weighted by Gasteiger charge is -2.09. The zero-order valence-electron chi connectivity index (χ0n) is 7.30. The molecule has 0 radical (unpaired) electrons. The molecule has 6 heteroatoms. The van der Waals surface area contributed by atoms with Gasteiger partial charge in [0.05, 0.1) is 12.1 Å². The molecular weight excluding hydrogens is 195 g/mol. The van der Waals surface area contributed by atoms with Crippen LogP contribution in [-0.2, 0) is 0 Å². The number of rotatable bonds is 3. The van der Waals surface area contributed by atoms with Gasteiger partial charge in [-0.05, 0) is 12.1 Å². The first-order valence-electron chi connectivity index (χ1n) is 4.00. The first-order valence-corrected chi connectivity index (χ1v) is 4.00. The van der Waals surface area contributed by atoms with Crippen molar-refractivity contribution in [2.75, 3.05) is 17.6 Å². The minimum absolute atomic E-state index is 0.218. The molecule has 1 heterocycles. The standard InChI is InChI=1S/C8H10F3N3/c9-8(10,11)3-5-14-7-6(12)2-1-4-13-7/h1-2,4H,3,5,12H2,(H,13,14). The Kier molecular flexibility index (Phi) is 3.16. The lowest BCUT2D eigenvalue weighted by molar-refractivity contribution is -0.131. The van der Waals surface area contributed by atoms with Gasteiger partial charge in [-0.25, -0.2) is 4.98 Å².